The number of nitrogens with zero attached hydrogens (tertiary/aromatic N) is 1. The highest BCUT2D eigenvalue weighted by Crippen LogP contribution is 2.41. The molecule has 4 heteroatoms. The lowest BCUT2D eigenvalue weighted by molar-refractivity contribution is 0.0600. The van der Waals surface area contributed by atoms with Crippen LogP contribution in [0.3, 0.4) is 0 Å². The summed E-state index contributed by atoms with van der Waals surface area (Å²) in [5.74, 6) is -0.169. The molecular formula is C29H29NO3. The summed E-state index contributed by atoms with van der Waals surface area (Å²) < 4.78 is 6.77. The molecule has 0 unspecified atom stereocenters. The molecule has 0 fully saturated rings. The maximum Gasteiger partial charge on any atom is 0.337 e. The Bertz CT molecular complexity index is 1320. The third-order valence-electron chi connectivity index (χ3n) is 5.56. The molecule has 0 saturated carbocycles. The number of benzene rings is 3. The van der Waals surface area contributed by atoms with Crippen molar-refractivity contribution in [3.63, 3.8) is 0 Å². The summed E-state index contributed by atoms with van der Waals surface area (Å²) in [6, 6.07) is 25.5. The number of esters is 1. The van der Waals surface area contributed by atoms with Gasteiger partial charge in [-0.1, -0.05) is 87.5 Å². The number of hydrogen-bond acceptors (Lipinski definition) is 3. The zero-order chi connectivity index (χ0) is 23.6. The van der Waals surface area contributed by atoms with Crippen LogP contribution in [0.5, 0.6) is 5.88 Å². The van der Waals surface area contributed by atoms with Crippen LogP contribution in [0, 0.1) is 5.41 Å². The van der Waals surface area contributed by atoms with Gasteiger partial charge in [0.1, 0.15) is 0 Å². The van der Waals surface area contributed by atoms with Gasteiger partial charge >= 0.3 is 5.97 Å². The number of aromatic hydroxyl groups is 1. The highest BCUT2D eigenvalue weighted by atomic mass is 16.5. The lowest BCUT2D eigenvalue weighted by Gasteiger charge is -2.17. The molecule has 0 bridgehead atoms. The summed E-state index contributed by atoms with van der Waals surface area (Å²) in [7, 11) is 1.37. The van der Waals surface area contributed by atoms with Gasteiger partial charge in [-0.3, -0.25) is 0 Å². The molecular weight excluding hydrogens is 410 g/mol. The van der Waals surface area contributed by atoms with E-state index in [-0.39, 0.29) is 17.3 Å². The van der Waals surface area contributed by atoms with Crippen molar-refractivity contribution < 1.29 is 14.6 Å². The van der Waals surface area contributed by atoms with Crippen LogP contribution in [-0.4, -0.2) is 22.8 Å². The maximum atomic E-state index is 12.0. The molecule has 1 heterocycles. The molecule has 3 aromatic carbocycles. The van der Waals surface area contributed by atoms with Crippen molar-refractivity contribution in [3.8, 4) is 5.88 Å². The van der Waals surface area contributed by atoms with Crippen LogP contribution in [0.1, 0.15) is 47.8 Å². The van der Waals surface area contributed by atoms with E-state index >= 15 is 0 Å². The summed E-state index contributed by atoms with van der Waals surface area (Å²) in [6.45, 7) is 6.90. The number of ether oxygens (including phenoxy) is 1. The van der Waals surface area contributed by atoms with Crippen molar-refractivity contribution >= 4 is 22.4 Å². The van der Waals surface area contributed by atoms with E-state index in [1.165, 1.54) is 7.11 Å². The minimum atomic E-state index is -0.376. The molecule has 0 saturated heterocycles. The summed E-state index contributed by atoms with van der Waals surface area (Å²) in [5, 5.41) is 12.5. The Balaban J connectivity index is 1.91. The third kappa shape index (κ3) is 4.70. The topological polar surface area (TPSA) is 51.5 Å². The van der Waals surface area contributed by atoms with Crippen molar-refractivity contribution in [1.82, 2.24) is 4.57 Å². The maximum absolute atomic E-state index is 12.0. The lowest BCUT2D eigenvalue weighted by atomic mass is 9.87. The molecule has 168 valence electrons. The zero-order valence-corrected chi connectivity index (χ0v) is 19.5. The molecule has 4 nitrogen and oxygen atoms in total. The third-order valence-corrected chi connectivity index (χ3v) is 5.56. The van der Waals surface area contributed by atoms with Crippen molar-refractivity contribution in [3.05, 3.63) is 107 Å². The Morgan fingerprint density at radius 1 is 0.939 bits per heavy atom. The Labute approximate surface area is 194 Å². The van der Waals surface area contributed by atoms with Gasteiger partial charge in [-0.25, -0.2) is 4.79 Å². The Kier molecular flexibility index (Phi) is 6.10. The minimum absolute atomic E-state index is 0.0876. The number of allylic oxidation sites excluding steroid dienone is 1. The molecule has 0 aliphatic rings. The number of aromatic nitrogens is 1. The zero-order valence-electron chi connectivity index (χ0n) is 19.5. The van der Waals surface area contributed by atoms with Gasteiger partial charge in [0.05, 0.1) is 30.3 Å². The summed E-state index contributed by atoms with van der Waals surface area (Å²) >= 11 is 0. The number of carbonyl (C=O) groups is 1. The Hall–Kier alpha value is -3.79. The van der Waals surface area contributed by atoms with E-state index < -0.39 is 0 Å². The van der Waals surface area contributed by atoms with Gasteiger partial charge in [-0.2, -0.15) is 0 Å². The smallest absolute Gasteiger partial charge is 0.337 e. The molecule has 0 radical (unpaired) electrons. The summed E-state index contributed by atoms with van der Waals surface area (Å²) in [5.41, 5.74) is 5.11. The van der Waals surface area contributed by atoms with E-state index in [0.29, 0.717) is 12.1 Å². The fourth-order valence-electron chi connectivity index (χ4n) is 4.16. The van der Waals surface area contributed by atoms with Crippen molar-refractivity contribution in [1.29, 1.82) is 0 Å². The van der Waals surface area contributed by atoms with Gasteiger partial charge in [0.15, 0.2) is 0 Å². The number of para-hydroxylation sites is 1. The van der Waals surface area contributed by atoms with Crippen LogP contribution in [-0.2, 0) is 11.3 Å². The standard InChI is InChI=1S/C29H29NO3/c1-29(2,3)18-24(21-12-6-5-7-13-21)26-23-15-8-9-16-25(23)30(27(26)31)19-20-11-10-14-22(17-20)28(32)33-4/h5-18,31H,19H2,1-4H3. The number of fused-ring (bicyclic) bond motifs is 1. The highest BCUT2D eigenvalue weighted by Gasteiger charge is 2.23. The van der Waals surface area contributed by atoms with Crippen LogP contribution < -0.4 is 0 Å². The number of hydrogen-bond donors (Lipinski definition) is 1. The first-order chi connectivity index (χ1) is 15.8. The van der Waals surface area contributed by atoms with Crippen LogP contribution in [0.15, 0.2) is 84.9 Å². The van der Waals surface area contributed by atoms with Crippen LogP contribution in [0.4, 0.5) is 0 Å². The van der Waals surface area contributed by atoms with E-state index in [4.69, 9.17) is 4.74 Å². The van der Waals surface area contributed by atoms with Crippen LogP contribution >= 0.6 is 0 Å². The molecule has 0 amide bonds. The molecule has 33 heavy (non-hydrogen) atoms. The first kappa shape index (κ1) is 22.4. The van der Waals surface area contributed by atoms with Gasteiger partial charge in [0.25, 0.3) is 0 Å². The van der Waals surface area contributed by atoms with E-state index in [1.54, 1.807) is 6.07 Å². The molecule has 0 aliphatic heterocycles. The number of methoxy groups -OCH3 is 1. The van der Waals surface area contributed by atoms with Gasteiger partial charge in [0.2, 0.25) is 5.88 Å². The quantitative estimate of drug-likeness (QED) is 0.354. The molecule has 1 aromatic heterocycles. The van der Waals surface area contributed by atoms with Crippen LogP contribution in [0.2, 0.25) is 0 Å². The number of carbonyl (C=O) groups excluding carboxylic acids is 1. The second-order valence-corrected chi connectivity index (χ2v) is 9.28. The number of rotatable bonds is 5. The first-order valence-electron chi connectivity index (χ1n) is 11.0. The normalized spacial score (nSPS) is 12.2. The fraction of sp³-hybridized carbons (Fsp3) is 0.207. The van der Waals surface area contributed by atoms with Crippen LogP contribution in [0.25, 0.3) is 16.5 Å². The average molecular weight is 440 g/mol. The fourth-order valence-corrected chi connectivity index (χ4v) is 4.16. The molecule has 1 N–H and O–H groups in total. The highest BCUT2D eigenvalue weighted by molar-refractivity contribution is 6.00. The second kappa shape index (κ2) is 8.99. The van der Waals surface area contributed by atoms with Gasteiger partial charge in [-0.15, -0.1) is 0 Å². The predicted octanol–water partition coefficient (Wildman–Crippen LogP) is 6.66. The van der Waals surface area contributed by atoms with Crippen molar-refractivity contribution in [2.75, 3.05) is 7.11 Å². The van der Waals surface area contributed by atoms with Gasteiger partial charge < -0.3 is 14.4 Å². The monoisotopic (exact) mass is 439 g/mol. The second-order valence-electron chi connectivity index (χ2n) is 9.28. The van der Waals surface area contributed by atoms with Gasteiger partial charge in [0, 0.05) is 5.39 Å². The van der Waals surface area contributed by atoms with E-state index in [2.05, 4.69) is 39.0 Å². The van der Waals surface area contributed by atoms with E-state index in [1.807, 2.05) is 65.2 Å². The largest absolute Gasteiger partial charge is 0.494 e. The molecule has 0 atom stereocenters. The van der Waals surface area contributed by atoms with Crippen molar-refractivity contribution in [2.24, 2.45) is 5.41 Å². The Morgan fingerprint density at radius 3 is 2.30 bits per heavy atom. The summed E-state index contributed by atoms with van der Waals surface area (Å²) in [6.07, 6.45) is 2.21. The van der Waals surface area contributed by atoms with E-state index in [0.717, 1.165) is 33.2 Å². The lowest BCUT2D eigenvalue weighted by Crippen LogP contribution is -2.04. The summed E-state index contributed by atoms with van der Waals surface area (Å²) in [4.78, 5) is 12.0. The van der Waals surface area contributed by atoms with Gasteiger partial charge in [-0.05, 0) is 40.3 Å². The molecule has 0 spiro atoms. The molecule has 0 aliphatic carbocycles. The SMILES string of the molecule is COC(=O)c1cccc(Cn2c(O)c(C(=CC(C)(C)C)c3ccccc3)c3ccccc32)c1. The van der Waals surface area contributed by atoms with E-state index in [9.17, 15) is 9.90 Å². The average Bonchev–Trinajstić information content (AvgIpc) is 3.08. The molecule has 4 rings (SSSR count). The van der Waals surface area contributed by atoms with Crippen molar-refractivity contribution in [2.45, 2.75) is 27.3 Å². The molecule has 4 aromatic rings. The minimum Gasteiger partial charge on any atom is -0.494 e. The Morgan fingerprint density at radius 2 is 1.61 bits per heavy atom. The predicted molar refractivity (Wildman–Crippen MR) is 133 cm³/mol. The first-order valence-corrected chi connectivity index (χ1v) is 11.0.